The molecule has 2 aromatic rings. The molecular weight excluding hydrogens is 306 g/mol. The van der Waals surface area contributed by atoms with Crippen molar-refractivity contribution in [3.05, 3.63) is 51.4 Å². The molecule has 0 atom stereocenters. The molecule has 1 aromatic heterocycles. The minimum atomic E-state index is -0.521. The highest BCUT2D eigenvalue weighted by Gasteiger charge is 2.24. The zero-order valence-electron chi connectivity index (χ0n) is 13.7. The number of hydrogen-bond acceptors (Lipinski definition) is 4. The molecule has 0 spiro atoms. The summed E-state index contributed by atoms with van der Waals surface area (Å²) in [4.78, 5) is 27.3. The fourth-order valence-corrected chi connectivity index (χ4v) is 2.72. The van der Waals surface area contributed by atoms with Gasteiger partial charge in [0.1, 0.15) is 0 Å². The summed E-state index contributed by atoms with van der Waals surface area (Å²) in [7, 11) is 0. The molecule has 0 aliphatic carbocycles. The Morgan fingerprint density at radius 1 is 1.25 bits per heavy atom. The maximum Gasteiger partial charge on any atom is 0.320 e. The van der Waals surface area contributed by atoms with Crippen LogP contribution in [0.1, 0.15) is 47.8 Å². The predicted octanol–water partition coefficient (Wildman–Crippen LogP) is 1.64. The molecule has 1 aromatic carbocycles. The number of piperidine rings is 1. The lowest BCUT2D eigenvalue weighted by Gasteiger charge is -2.25. The fourth-order valence-electron chi connectivity index (χ4n) is 2.72. The summed E-state index contributed by atoms with van der Waals surface area (Å²) in [5, 5.41) is 10.4. The van der Waals surface area contributed by atoms with Crippen LogP contribution in [0.4, 0.5) is 0 Å². The lowest BCUT2D eigenvalue weighted by atomic mass is 10.1. The molecule has 1 aliphatic heterocycles. The summed E-state index contributed by atoms with van der Waals surface area (Å²) in [6.45, 7) is 3.45. The van der Waals surface area contributed by atoms with Gasteiger partial charge in [0.25, 0.3) is 5.91 Å². The minimum Gasteiger partial charge on any atom is -0.337 e. The number of nitrogens with zero attached hydrogens (tertiary/aromatic N) is 4. The average Bonchev–Trinajstić information content (AvgIpc) is 3.01. The van der Waals surface area contributed by atoms with Gasteiger partial charge in [0.2, 0.25) is 5.69 Å². The molecule has 0 radical (unpaired) electrons. The molecule has 126 valence electrons. The van der Waals surface area contributed by atoms with Crippen LogP contribution in [0.25, 0.3) is 0 Å². The third-order valence-electron chi connectivity index (χ3n) is 4.21. The minimum absolute atomic E-state index is 0.101. The molecule has 7 nitrogen and oxygen atoms in total. The second-order valence-corrected chi connectivity index (χ2v) is 5.87. The summed E-state index contributed by atoms with van der Waals surface area (Å²) in [6, 6.07) is 7.90. The van der Waals surface area contributed by atoms with Gasteiger partial charge in [0.05, 0.1) is 6.21 Å². The fraction of sp³-hybridized carbons (Fsp3) is 0.412. The topological polar surface area (TPSA) is 83.3 Å². The van der Waals surface area contributed by atoms with Crippen LogP contribution in [0.3, 0.4) is 0 Å². The molecule has 1 saturated heterocycles. The second kappa shape index (κ2) is 7.25. The number of benzene rings is 1. The summed E-state index contributed by atoms with van der Waals surface area (Å²) in [5.41, 5.74) is 1.49. The van der Waals surface area contributed by atoms with Crippen molar-refractivity contribution in [1.29, 1.82) is 0 Å². The Morgan fingerprint density at radius 3 is 2.62 bits per heavy atom. The molecule has 24 heavy (non-hydrogen) atoms. The van der Waals surface area contributed by atoms with Crippen molar-refractivity contribution >= 4 is 12.1 Å². The second-order valence-electron chi connectivity index (χ2n) is 5.87. The number of aryl methyl sites for hydroxylation is 1. The van der Waals surface area contributed by atoms with E-state index >= 15 is 0 Å². The first-order chi connectivity index (χ1) is 11.7. The average molecular weight is 327 g/mol. The number of aromatic nitrogens is 3. The predicted molar refractivity (Wildman–Crippen MR) is 91.4 cm³/mol. The molecular formula is C17H21N5O2. The van der Waals surface area contributed by atoms with Gasteiger partial charge in [-0.2, -0.15) is 10.3 Å². The van der Waals surface area contributed by atoms with E-state index in [4.69, 9.17) is 0 Å². The van der Waals surface area contributed by atoms with Crippen molar-refractivity contribution in [2.24, 2.45) is 5.10 Å². The van der Waals surface area contributed by atoms with Crippen molar-refractivity contribution in [1.82, 2.24) is 20.0 Å². The van der Waals surface area contributed by atoms with E-state index in [0.717, 1.165) is 36.0 Å². The van der Waals surface area contributed by atoms with Crippen molar-refractivity contribution in [2.75, 3.05) is 13.1 Å². The highest BCUT2D eigenvalue weighted by molar-refractivity contribution is 5.92. The van der Waals surface area contributed by atoms with E-state index in [9.17, 15) is 9.59 Å². The zero-order chi connectivity index (χ0) is 16.9. The summed E-state index contributed by atoms with van der Waals surface area (Å²) >= 11 is 0. The van der Waals surface area contributed by atoms with Gasteiger partial charge >= 0.3 is 5.56 Å². The summed E-state index contributed by atoms with van der Waals surface area (Å²) in [5.74, 6) is -0.322. The number of carbonyl (C=O) groups excluding carboxylic acids is 1. The first-order valence-electron chi connectivity index (χ1n) is 8.29. The zero-order valence-corrected chi connectivity index (χ0v) is 13.7. The molecule has 1 aliphatic rings. The van der Waals surface area contributed by atoms with Crippen LogP contribution in [0.2, 0.25) is 0 Å². The van der Waals surface area contributed by atoms with Crippen LogP contribution in [0.5, 0.6) is 0 Å². The Morgan fingerprint density at radius 2 is 1.96 bits per heavy atom. The Balaban J connectivity index is 1.75. The van der Waals surface area contributed by atoms with Crippen molar-refractivity contribution < 1.29 is 4.79 Å². The number of amides is 1. The Labute approximate surface area is 140 Å². The van der Waals surface area contributed by atoms with E-state index in [1.807, 2.05) is 24.3 Å². The number of hydrogen-bond donors (Lipinski definition) is 1. The standard InChI is InChI=1S/C17H21N5O2/c1-2-13-6-8-14(9-7-13)12-18-22-17(24)15(19-20-22)16(23)21-10-4-3-5-11-21/h6-9,12,20H,2-5,10-11H2,1H3/b18-12+. The number of rotatable bonds is 4. The smallest absolute Gasteiger partial charge is 0.320 e. The maximum atomic E-state index is 12.4. The molecule has 0 unspecified atom stereocenters. The van der Waals surface area contributed by atoms with E-state index in [-0.39, 0.29) is 11.6 Å². The summed E-state index contributed by atoms with van der Waals surface area (Å²) in [6.07, 6.45) is 5.59. The molecule has 2 heterocycles. The van der Waals surface area contributed by atoms with E-state index in [2.05, 4.69) is 22.3 Å². The van der Waals surface area contributed by atoms with Crippen LogP contribution < -0.4 is 5.56 Å². The normalized spacial score (nSPS) is 15.1. The Bertz CT molecular complexity index is 782. The first kappa shape index (κ1) is 16.2. The Hall–Kier alpha value is -2.70. The largest absolute Gasteiger partial charge is 0.337 e. The van der Waals surface area contributed by atoms with E-state index in [1.54, 1.807) is 11.1 Å². The van der Waals surface area contributed by atoms with Gasteiger partial charge in [-0.3, -0.25) is 9.59 Å². The monoisotopic (exact) mass is 327 g/mol. The number of likely N-dealkylation sites (tertiary alicyclic amines) is 1. The van der Waals surface area contributed by atoms with Crippen molar-refractivity contribution in [3.63, 3.8) is 0 Å². The summed E-state index contributed by atoms with van der Waals surface area (Å²) < 4.78 is 0. The highest BCUT2D eigenvalue weighted by Crippen LogP contribution is 2.10. The molecule has 7 heteroatoms. The first-order valence-corrected chi connectivity index (χ1v) is 8.29. The molecule has 0 bridgehead atoms. The molecule has 1 N–H and O–H groups in total. The Kier molecular flexibility index (Phi) is 4.88. The SMILES string of the molecule is CCc1ccc(/C=N/n2[nH]nc(C(=O)N3CCCCC3)c2=O)cc1. The van der Waals surface area contributed by atoms with E-state index in [1.165, 1.54) is 5.56 Å². The van der Waals surface area contributed by atoms with Gasteiger partial charge in [-0.1, -0.05) is 31.2 Å². The quantitative estimate of drug-likeness (QED) is 0.867. The number of nitrogens with one attached hydrogen (secondary N) is 1. The maximum absolute atomic E-state index is 12.4. The lowest BCUT2D eigenvalue weighted by Crippen LogP contribution is -2.38. The third kappa shape index (κ3) is 3.45. The van der Waals surface area contributed by atoms with Gasteiger partial charge < -0.3 is 4.90 Å². The molecule has 1 fully saturated rings. The number of H-pyrrole nitrogens is 1. The van der Waals surface area contributed by atoms with Gasteiger partial charge in [0.15, 0.2) is 0 Å². The number of carbonyl (C=O) groups is 1. The van der Waals surface area contributed by atoms with Crippen LogP contribution in [-0.2, 0) is 6.42 Å². The van der Waals surface area contributed by atoms with Crippen molar-refractivity contribution in [2.45, 2.75) is 32.6 Å². The van der Waals surface area contributed by atoms with Gasteiger partial charge in [-0.05, 0) is 36.8 Å². The lowest BCUT2D eigenvalue weighted by molar-refractivity contribution is 0.0717. The van der Waals surface area contributed by atoms with Gasteiger partial charge in [-0.15, -0.1) is 9.89 Å². The molecule has 0 saturated carbocycles. The molecule has 3 rings (SSSR count). The third-order valence-corrected chi connectivity index (χ3v) is 4.21. The van der Waals surface area contributed by atoms with E-state index < -0.39 is 5.56 Å². The van der Waals surface area contributed by atoms with Crippen molar-refractivity contribution in [3.8, 4) is 0 Å². The van der Waals surface area contributed by atoms with E-state index in [0.29, 0.717) is 13.1 Å². The van der Waals surface area contributed by atoms with Crippen LogP contribution in [0.15, 0.2) is 34.2 Å². The van der Waals surface area contributed by atoms with Crippen LogP contribution >= 0.6 is 0 Å². The van der Waals surface area contributed by atoms with Gasteiger partial charge in [-0.25, -0.2) is 0 Å². The van der Waals surface area contributed by atoms with Gasteiger partial charge in [0, 0.05) is 13.1 Å². The van der Waals surface area contributed by atoms with Crippen LogP contribution in [-0.4, -0.2) is 45.2 Å². The van der Waals surface area contributed by atoms with Crippen LogP contribution in [0, 0.1) is 0 Å². The molecule has 1 amide bonds. The number of aromatic amines is 1. The highest BCUT2D eigenvalue weighted by atomic mass is 16.2.